The number of ether oxygens (including phenoxy) is 1. The van der Waals surface area contributed by atoms with Crippen LogP contribution in [0.2, 0.25) is 0 Å². The van der Waals surface area contributed by atoms with Gasteiger partial charge in [0.15, 0.2) is 5.84 Å². The number of fused-ring (bicyclic) bond motifs is 8. The molecule has 0 fully saturated rings. The molecule has 0 radical (unpaired) electrons. The SMILES string of the molecule is N=C(/N=c1\[nH]cc(-c2ccccc2)cc1-c1ccccc1)c1cccc(-c2cccc(-c3ccc4c(c3)C3(C5=C4C=CCN5)c4ccccc4Oc4ccccc43)c2)c1. The zero-order chi connectivity index (χ0) is 39.3. The fraction of sp³-hybridized carbons (Fsp3) is 0.0370. The summed E-state index contributed by atoms with van der Waals surface area (Å²) in [7, 11) is 0. The zero-order valence-electron chi connectivity index (χ0n) is 32.1. The molecule has 0 unspecified atom stereocenters. The number of para-hydroxylation sites is 2. The molecular formula is C54H38N4O. The Bertz CT molecular complexity index is 3060. The first-order valence-corrected chi connectivity index (χ1v) is 20.0. The number of allylic oxidation sites excluding steroid dienone is 3. The van der Waals surface area contributed by atoms with E-state index in [1.165, 1.54) is 22.4 Å². The number of nitrogens with zero attached hydrogens (tertiary/aromatic N) is 1. The normalized spacial score (nSPS) is 14.5. The average molecular weight is 759 g/mol. The lowest BCUT2D eigenvalue weighted by Gasteiger charge is -2.41. The fourth-order valence-electron chi connectivity index (χ4n) is 9.15. The number of nitrogens with one attached hydrogen (secondary N) is 3. The molecule has 59 heavy (non-hydrogen) atoms. The van der Waals surface area contributed by atoms with Crippen LogP contribution in [0.3, 0.4) is 0 Å². The highest BCUT2D eigenvalue weighted by Gasteiger charge is 2.52. The molecule has 2 aliphatic heterocycles. The molecule has 7 aromatic carbocycles. The Morgan fingerprint density at radius 3 is 1.86 bits per heavy atom. The number of benzene rings is 7. The van der Waals surface area contributed by atoms with Gasteiger partial charge in [-0.05, 0) is 86.5 Å². The molecule has 3 aliphatic rings. The second-order valence-corrected chi connectivity index (χ2v) is 15.2. The summed E-state index contributed by atoms with van der Waals surface area (Å²) in [6.07, 6.45) is 6.45. The minimum absolute atomic E-state index is 0.184. The van der Waals surface area contributed by atoms with Crippen molar-refractivity contribution in [3.63, 3.8) is 0 Å². The van der Waals surface area contributed by atoms with Crippen LogP contribution < -0.4 is 15.5 Å². The van der Waals surface area contributed by atoms with Crippen LogP contribution >= 0.6 is 0 Å². The van der Waals surface area contributed by atoms with Gasteiger partial charge in [0.1, 0.15) is 17.0 Å². The number of aromatic nitrogens is 1. The third-order valence-electron chi connectivity index (χ3n) is 11.8. The molecule has 0 saturated heterocycles. The Labute approximate surface area is 342 Å². The summed E-state index contributed by atoms with van der Waals surface area (Å²) in [4.78, 5) is 8.30. The summed E-state index contributed by atoms with van der Waals surface area (Å²) in [5.41, 5.74) is 16.5. The quantitative estimate of drug-likeness (QED) is 0.121. The monoisotopic (exact) mass is 758 g/mol. The summed E-state index contributed by atoms with van der Waals surface area (Å²) >= 11 is 0. The molecular weight excluding hydrogens is 721 g/mol. The molecule has 280 valence electrons. The van der Waals surface area contributed by atoms with Crippen LogP contribution in [0.1, 0.15) is 27.8 Å². The van der Waals surface area contributed by atoms with Crippen LogP contribution in [0.15, 0.2) is 211 Å². The maximum absolute atomic E-state index is 9.21. The van der Waals surface area contributed by atoms with Gasteiger partial charge in [0, 0.05) is 46.3 Å². The van der Waals surface area contributed by atoms with Crippen molar-refractivity contribution in [3.05, 3.63) is 239 Å². The van der Waals surface area contributed by atoms with Gasteiger partial charge in [-0.15, -0.1) is 0 Å². The van der Waals surface area contributed by atoms with E-state index in [4.69, 9.17) is 9.73 Å². The number of amidine groups is 1. The van der Waals surface area contributed by atoms with E-state index in [1.807, 2.05) is 54.7 Å². The molecule has 3 N–H and O–H groups in total. The van der Waals surface area contributed by atoms with Crippen molar-refractivity contribution in [2.24, 2.45) is 4.99 Å². The number of hydrogen-bond acceptors (Lipinski definition) is 3. The van der Waals surface area contributed by atoms with Crippen molar-refractivity contribution >= 4 is 11.4 Å². The second-order valence-electron chi connectivity index (χ2n) is 15.2. The van der Waals surface area contributed by atoms with E-state index in [0.717, 1.165) is 79.2 Å². The van der Waals surface area contributed by atoms with Crippen LogP contribution in [-0.4, -0.2) is 17.4 Å². The van der Waals surface area contributed by atoms with Crippen molar-refractivity contribution in [1.82, 2.24) is 10.3 Å². The Morgan fingerprint density at radius 1 is 0.525 bits per heavy atom. The number of rotatable bonds is 5. The van der Waals surface area contributed by atoms with Crippen LogP contribution in [0.5, 0.6) is 11.5 Å². The third-order valence-corrected chi connectivity index (χ3v) is 11.8. The number of pyridine rings is 1. The first-order valence-electron chi connectivity index (χ1n) is 20.0. The van der Waals surface area contributed by atoms with E-state index in [9.17, 15) is 5.41 Å². The van der Waals surface area contributed by atoms with E-state index in [2.05, 4.69) is 156 Å². The van der Waals surface area contributed by atoms with Crippen molar-refractivity contribution in [2.45, 2.75) is 5.41 Å². The van der Waals surface area contributed by atoms with Gasteiger partial charge < -0.3 is 15.0 Å². The Balaban J connectivity index is 0.977. The predicted molar refractivity (Wildman–Crippen MR) is 238 cm³/mol. The zero-order valence-corrected chi connectivity index (χ0v) is 32.1. The summed E-state index contributed by atoms with van der Waals surface area (Å²) in [5, 5.41) is 13.0. The van der Waals surface area contributed by atoms with E-state index in [0.29, 0.717) is 5.49 Å². The van der Waals surface area contributed by atoms with Gasteiger partial charge in [-0.1, -0.05) is 158 Å². The summed E-state index contributed by atoms with van der Waals surface area (Å²) in [6, 6.07) is 63.4. The molecule has 8 aromatic rings. The molecule has 5 nitrogen and oxygen atoms in total. The van der Waals surface area contributed by atoms with Crippen LogP contribution in [0, 0.1) is 5.41 Å². The number of aromatic amines is 1. The average Bonchev–Trinajstić information content (AvgIpc) is 3.59. The number of H-pyrrole nitrogens is 1. The Kier molecular flexibility index (Phi) is 8.19. The highest BCUT2D eigenvalue weighted by atomic mass is 16.5. The van der Waals surface area contributed by atoms with E-state index >= 15 is 0 Å². The molecule has 1 spiro atoms. The smallest absolute Gasteiger partial charge is 0.154 e. The van der Waals surface area contributed by atoms with E-state index in [1.54, 1.807) is 0 Å². The summed E-state index contributed by atoms with van der Waals surface area (Å²) < 4.78 is 6.55. The minimum atomic E-state index is -0.549. The van der Waals surface area contributed by atoms with Crippen LogP contribution in [-0.2, 0) is 5.41 Å². The van der Waals surface area contributed by atoms with E-state index in [-0.39, 0.29) is 5.84 Å². The first kappa shape index (κ1) is 34.5. The highest BCUT2D eigenvalue weighted by molar-refractivity contribution is 5.98. The van der Waals surface area contributed by atoms with Crippen LogP contribution in [0.4, 0.5) is 0 Å². The maximum Gasteiger partial charge on any atom is 0.154 e. The Hall–Kier alpha value is -7.76. The lowest BCUT2D eigenvalue weighted by Crippen LogP contribution is -2.39. The first-order chi connectivity index (χ1) is 29.1. The maximum atomic E-state index is 9.21. The highest BCUT2D eigenvalue weighted by Crippen LogP contribution is 2.61. The number of dihydropyridines is 1. The minimum Gasteiger partial charge on any atom is -0.457 e. The van der Waals surface area contributed by atoms with Gasteiger partial charge in [0.05, 0.1) is 5.41 Å². The van der Waals surface area contributed by atoms with Gasteiger partial charge in [-0.2, -0.15) is 0 Å². The summed E-state index contributed by atoms with van der Waals surface area (Å²) in [6.45, 7) is 0.769. The molecule has 0 saturated carbocycles. The van der Waals surface area contributed by atoms with Gasteiger partial charge in [0.2, 0.25) is 0 Å². The lowest BCUT2D eigenvalue weighted by atomic mass is 9.67. The molecule has 1 aromatic heterocycles. The van der Waals surface area contributed by atoms with Crippen molar-refractivity contribution in [1.29, 1.82) is 5.41 Å². The van der Waals surface area contributed by atoms with Crippen LogP contribution in [0.25, 0.3) is 50.1 Å². The largest absolute Gasteiger partial charge is 0.457 e. The lowest BCUT2D eigenvalue weighted by molar-refractivity contribution is 0.429. The van der Waals surface area contributed by atoms with Gasteiger partial charge in [-0.3, -0.25) is 5.41 Å². The van der Waals surface area contributed by atoms with E-state index < -0.39 is 5.41 Å². The van der Waals surface area contributed by atoms with Crippen molar-refractivity contribution in [3.8, 4) is 56.0 Å². The second kappa shape index (κ2) is 14.0. The van der Waals surface area contributed by atoms with Gasteiger partial charge in [0.25, 0.3) is 0 Å². The number of hydrogen-bond donors (Lipinski definition) is 3. The molecule has 0 atom stereocenters. The van der Waals surface area contributed by atoms with Gasteiger partial charge >= 0.3 is 0 Å². The molecule has 5 heteroatoms. The molecule has 0 amide bonds. The van der Waals surface area contributed by atoms with Gasteiger partial charge in [-0.25, -0.2) is 4.99 Å². The topological polar surface area (TPSA) is 73.3 Å². The standard InChI is InChI=1S/C54H38N4O/c55-52(58-53-45(36-16-5-2-6-17-36)32-42(34-57-53)35-14-3-1-4-15-35)41-21-12-20-39(31-41)37-18-11-19-38(30-37)40-27-28-43-44-22-13-29-56-51(44)54(48(43)33-40)46-23-7-9-25-49(46)59-50-26-10-8-24-47(50)54/h1-28,30-34,56H,29H2,(H2,55,57,58). The molecule has 11 rings (SSSR count). The van der Waals surface area contributed by atoms with Crippen molar-refractivity contribution in [2.75, 3.05) is 6.54 Å². The van der Waals surface area contributed by atoms with Crippen molar-refractivity contribution < 1.29 is 4.74 Å². The summed E-state index contributed by atoms with van der Waals surface area (Å²) in [5.74, 6) is 1.94. The molecule has 0 bridgehead atoms. The Morgan fingerprint density at radius 2 is 1.14 bits per heavy atom. The third kappa shape index (κ3) is 5.70. The molecule has 3 heterocycles. The predicted octanol–water partition coefficient (Wildman–Crippen LogP) is 11.9. The fourth-order valence-corrected chi connectivity index (χ4v) is 9.15. The molecule has 1 aliphatic carbocycles.